The third-order valence-electron chi connectivity index (χ3n) is 3.57. The molecule has 0 fully saturated rings. The van der Waals surface area contributed by atoms with Crippen molar-refractivity contribution in [2.45, 2.75) is 32.9 Å². The lowest BCUT2D eigenvalue weighted by molar-refractivity contribution is -0.145. The number of esters is 1. The maximum atomic E-state index is 12.4. The molecule has 1 N–H and O–H groups in total. The quantitative estimate of drug-likeness (QED) is 0.801. The van der Waals surface area contributed by atoms with Crippen LogP contribution in [0.2, 0.25) is 0 Å². The number of rotatable bonds is 6. The minimum atomic E-state index is -0.730. The molecule has 0 spiro atoms. The molecule has 0 saturated heterocycles. The molecule has 1 atom stereocenters. The van der Waals surface area contributed by atoms with Crippen LogP contribution in [-0.2, 0) is 20.9 Å². The number of para-hydroxylation sites is 1. The monoisotopic (exact) mass is 331 g/mol. The van der Waals surface area contributed by atoms with Crippen LogP contribution in [0.25, 0.3) is 10.9 Å². The highest BCUT2D eigenvalue weighted by Crippen LogP contribution is 2.07. The Morgan fingerprint density at radius 2 is 2.00 bits per heavy atom. The van der Waals surface area contributed by atoms with E-state index in [4.69, 9.17) is 4.74 Å². The summed E-state index contributed by atoms with van der Waals surface area (Å²) in [7, 11) is 1.28. The van der Waals surface area contributed by atoms with Gasteiger partial charge in [0, 0.05) is 0 Å². The van der Waals surface area contributed by atoms with Crippen molar-refractivity contribution in [1.29, 1.82) is 0 Å². The van der Waals surface area contributed by atoms with Crippen molar-refractivity contribution in [3.05, 3.63) is 40.9 Å². The fourth-order valence-corrected chi connectivity index (χ4v) is 2.44. The fraction of sp³-hybridized carbons (Fsp3) is 0.412. The molecule has 0 aliphatic heterocycles. The van der Waals surface area contributed by atoms with Crippen LogP contribution in [0.1, 0.15) is 20.3 Å². The van der Waals surface area contributed by atoms with Gasteiger partial charge in [0.05, 0.1) is 24.3 Å². The van der Waals surface area contributed by atoms with Gasteiger partial charge in [0.2, 0.25) is 5.91 Å². The molecule has 0 aliphatic carbocycles. The van der Waals surface area contributed by atoms with Crippen LogP contribution < -0.4 is 10.9 Å². The number of fused-ring (bicyclic) bond motifs is 1. The second-order valence-electron chi connectivity index (χ2n) is 5.97. The second kappa shape index (κ2) is 7.72. The van der Waals surface area contributed by atoms with Crippen molar-refractivity contribution in [3.8, 4) is 0 Å². The molecular formula is C17H21N3O4. The lowest BCUT2D eigenvalue weighted by atomic mass is 10.0. The van der Waals surface area contributed by atoms with E-state index in [9.17, 15) is 14.4 Å². The first-order valence-electron chi connectivity index (χ1n) is 7.73. The van der Waals surface area contributed by atoms with E-state index in [-0.39, 0.29) is 18.0 Å². The molecule has 2 aromatic rings. The lowest BCUT2D eigenvalue weighted by Gasteiger charge is -2.18. The van der Waals surface area contributed by atoms with E-state index >= 15 is 0 Å². The molecule has 0 bridgehead atoms. The standard InChI is InChI=1S/C17H21N3O4/c1-11(2)8-14(17(23)24-3)19-15(21)9-20-10-18-13-7-5-4-6-12(13)16(20)22/h4-7,10-11,14H,8-9H2,1-3H3,(H,19,21)/t14-/m1/s1. The summed E-state index contributed by atoms with van der Waals surface area (Å²) < 4.78 is 5.93. The zero-order valence-electron chi connectivity index (χ0n) is 14.0. The fourth-order valence-electron chi connectivity index (χ4n) is 2.44. The molecule has 0 aliphatic rings. The number of hydrogen-bond acceptors (Lipinski definition) is 5. The molecule has 0 radical (unpaired) electrons. The average Bonchev–Trinajstić information content (AvgIpc) is 2.56. The van der Waals surface area contributed by atoms with Gasteiger partial charge in [-0.3, -0.25) is 14.2 Å². The van der Waals surface area contributed by atoms with Crippen LogP contribution in [0.3, 0.4) is 0 Å². The van der Waals surface area contributed by atoms with Gasteiger partial charge in [-0.25, -0.2) is 9.78 Å². The number of nitrogens with zero attached hydrogens (tertiary/aromatic N) is 2. The van der Waals surface area contributed by atoms with Gasteiger partial charge < -0.3 is 10.1 Å². The molecule has 7 nitrogen and oxygen atoms in total. The van der Waals surface area contributed by atoms with Gasteiger partial charge in [0.25, 0.3) is 5.56 Å². The normalized spacial score (nSPS) is 12.2. The zero-order chi connectivity index (χ0) is 17.7. The number of carbonyl (C=O) groups is 2. The van der Waals surface area contributed by atoms with Crippen molar-refractivity contribution in [1.82, 2.24) is 14.9 Å². The number of hydrogen-bond donors (Lipinski definition) is 1. The topological polar surface area (TPSA) is 90.3 Å². The molecule has 1 amide bonds. The number of amides is 1. The van der Waals surface area contributed by atoms with Gasteiger partial charge in [-0.05, 0) is 24.5 Å². The van der Waals surface area contributed by atoms with Gasteiger partial charge in [-0.1, -0.05) is 26.0 Å². The summed E-state index contributed by atoms with van der Waals surface area (Å²) >= 11 is 0. The van der Waals surface area contributed by atoms with E-state index in [2.05, 4.69) is 10.3 Å². The van der Waals surface area contributed by atoms with Crippen LogP contribution in [0.15, 0.2) is 35.4 Å². The van der Waals surface area contributed by atoms with Crippen LogP contribution >= 0.6 is 0 Å². The molecule has 0 unspecified atom stereocenters. The Bertz CT molecular complexity index is 798. The highest BCUT2D eigenvalue weighted by molar-refractivity contribution is 5.84. The molecule has 24 heavy (non-hydrogen) atoms. The van der Waals surface area contributed by atoms with Crippen LogP contribution in [0, 0.1) is 5.92 Å². The molecule has 7 heteroatoms. The molecule has 1 aromatic carbocycles. The molecule has 128 valence electrons. The van der Waals surface area contributed by atoms with Crippen molar-refractivity contribution in [2.75, 3.05) is 7.11 Å². The number of nitrogens with one attached hydrogen (secondary N) is 1. The third kappa shape index (κ3) is 4.18. The molecular weight excluding hydrogens is 310 g/mol. The minimum Gasteiger partial charge on any atom is -0.467 e. The van der Waals surface area contributed by atoms with E-state index in [1.807, 2.05) is 13.8 Å². The van der Waals surface area contributed by atoms with Gasteiger partial charge in [0.1, 0.15) is 12.6 Å². The average molecular weight is 331 g/mol. The third-order valence-corrected chi connectivity index (χ3v) is 3.57. The first kappa shape index (κ1) is 17.7. The number of carbonyl (C=O) groups excluding carboxylic acids is 2. The number of ether oxygens (including phenoxy) is 1. The maximum Gasteiger partial charge on any atom is 0.328 e. The van der Waals surface area contributed by atoms with E-state index in [0.717, 1.165) is 0 Å². The first-order chi connectivity index (χ1) is 11.4. The molecule has 1 aromatic heterocycles. The number of benzene rings is 1. The Balaban J connectivity index is 2.15. The van der Waals surface area contributed by atoms with Crippen LogP contribution in [-0.4, -0.2) is 34.6 Å². The summed E-state index contributed by atoms with van der Waals surface area (Å²) in [4.78, 5) is 40.5. The molecule has 0 saturated carbocycles. The van der Waals surface area contributed by atoms with Crippen LogP contribution in [0.4, 0.5) is 0 Å². The van der Waals surface area contributed by atoms with E-state index in [1.165, 1.54) is 18.0 Å². The largest absolute Gasteiger partial charge is 0.467 e. The van der Waals surface area contributed by atoms with E-state index < -0.39 is 17.9 Å². The first-order valence-corrected chi connectivity index (χ1v) is 7.73. The van der Waals surface area contributed by atoms with Gasteiger partial charge in [-0.15, -0.1) is 0 Å². The van der Waals surface area contributed by atoms with Crippen molar-refractivity contribution < 1.29 is 14.3 Å². The number of aromatic nitrogens is 2. The summed E-state index contributed by atoms with van der Waals surface area (Å²) in [6.07, 6.45) is 1.79. The van der Waals surface area contributed by atoms with Crippen molar-refractivity contribution >= 4 is 22.8 Å². The second-order valence-corrected chi connectivity index (χ2v) is 5.97. The van der Waals surface area contributed by atoms with Gasteiger partial charge in [0.15, 0.2) is 0 Å². The Kier molecular flexibility index (Phi) is 5.68. The van der Waals surface area contributed by atoms with Gasteiger partial charge in [-0.2, -0.15) is 0 Å². The minimum absolute atomic E-state index is 0.206. The van der Waals surface area contributed by atoms with Crippen LogP contribution in [0.5, 0.6) is 0 Å². The predicted molar refractivity (Wildman–Crippen MR) is 89.4 cm³/mol. The molecule has 1 heterocycles. The highest BCUT2D eigenvalue weighted by Gasteiger charge is 2.22. The predicted octanol–water partition coefficient (Wildman–Crippen LogP) is 1.10. The summed E-state index contributed by atoms with van der Waals surface area (Å²) in [6, 6.07) is 6.20. The molecule has 2 rings (SSSR count). The van der Waals surface area contributed by atoms with Crippen molar-refractivity contribution in [2.24, 2.45) is 5.92 Å². The SMILES string of the molecule is COC(=O)[C@@H](CC(C)C)NC(=O)Cn1cnc2ccccc2c1=O. The number of methoxy groups -OCH3 is 1. The smallest absolute Gasteiger partial charge is 0.328 e. The zero-order valence-corrected chi connectivity index (χ0v) is 14.0. The van der Waals surface area contributed by atoms with E-state index in [0.29, 0.717) is 17.3 Å². The van der Waals surface area contributed by atoms with Gasteiger partial charge >= 0.3 is 5.97 Å². The summed E-state index contributed by atoms with van der Waals surface area (Å²) in [6.45, 7) is 3.68. The van der Waals surface area contributed by atoms with Crippen molar-refractivity contribution in [3.63, 3.8) is 0 Å². The highest BCUT2D eigenvalue weighted by atomic mass is 16.5. The summed E-state index contributed by atoms with van der Waals surface area (Å²) in [5, 5.41) is 3.07. The van der Waals surface area contributed by atoms with E-state index in [1.54, 1.807) is 24.3 Å². The Labute approximate surface area is 139 Å². The lowest BCUT2D eigenvalue weighted by Crippen LogP contribution is -2.44. The maximum absolute atomic E-state index is 12.4. The Morgan fingerprint density at radius 1 is 1.29 bits per heavy atom. The summed E-state index contributed by atoms with van der Waals surface area (Å²) in [5.41, 5.74) is 0.278. The Hall–Kier alpha value is -2.70. The summed E-state index contributed by atoms with van der Waals surface area (Å²) in [5.74, 6) is -0.731. The Morgan fingerprint density at radius 3 is 2.67 bits per heavy atom.